The van der Waals surface area contributed by atoms with E-state index in [1.165, 1.54) is 11.3 Å². The van der Waals surface area contributed by atoms with Gasteiger partial charge < -0.3 is 4.98 Å². The molecule has 0 fully saturated rings. The Morgan fingerprint density at radius 3 is 3.06 bits per heavy atom. The summed E-state index contributed by atoms with van der Waals surface area (Å²) in [6.07, 6.45) is 5.01. The van der Waals surface area contributed by atoms with Gasteiger partial charge in [0.15, 0.2) is 5.82 Å². The van der Waals surface area contributed by atoms with Crippen molar-refractivity contribution in [2.75, 3.05) is 0 Å². The molecule has 3 rings (SSSR count). The molecular weight excluding hydrogens is 298 g/mol. The molecule has 0 saturated carbocycles. The largest absolute Gasteiger partial charge is 0.342 e. The fourth-order valence-corrected chi connectivity index (χ4v) is 2.89. The fourth-order valence-electron chi connectivity index (χ4n) is 2.13. The second-order valence-electron chi connectivity index (χ2n) is 4.04. The van der Waals surface area contributed by atoms with E-state index >= 15 is 0 Å². The summed E-state index contributed by atoms with van der Waals surface area (Å²) in [6, 6.07) is 3.84. The number of nitrogens with one attached hydrogen (secondary N) is 1. The Morgan fingerprint density at radius 1 is 1.35 bits per heavy atom. The topological polar surface area (TPSA) is 41.6 Å². The van der Waals surface area contributed by atoms with Crippen LogP contribution in [0, 0.1) is 4.64 Å². The lowest BCUT2D eigenvalue weighted by atomic mass is 10.2. The standard InChI is InChI=1S/C12H10BrN3S/c13-8-4-2-6-14-10(8)11-15-9-5-1-3-7(9)12(17)16-11/h2,4,6H,1,3,5H2,(H,15,16,17). The van der Waals surface area contributed by atoms with Crippen LogP contribution in [-0.2, 0) is 12.8 Å². The Kier molecular flexibility index (Phi) is 2.80. The van der Waals surface area contributed by atoms with E-state index in [0.717, 1.165) is 35.3 Å². The highest BCUT2D eigenvalue weighted by Gasteiger charge is 2.16. The molecule has 0 unspecified atom stereocenters. The number of pyridine rings is 1. The average molecular weight is 308 g/mol. The van der Waals surface area contributed by atoms with Crippen LogP contribution in [0.2, 0.25) is 0 Å². The second kappa shape index (κ2) is 4.31. The molecule has 0 radical (unpaired) electrons. The quantitative estimate of drug-likeness (QED) is 0.820. The first-order chi connectivity index (χ1) is 8.25. The van der Waals surface area contributed by atoms with Crippen molar-refractivity contribution < 1.29 is 0 Å². The number of rotatable bonds is 1. The Bertz CT molecular complexity index is 636. The summed E-state index contributed by atoms with van der Waals surface area (Å²) in [5.74, 6) is 0.753. The Balaban J connectivity index is 2.20. The molecule has 17 heavy (non-hydrogen) atoms. The van der Waals surface area contributed by atoms with Crippen molar-refractivity contribution in [3.63, 3.8) is 0 Å². The number of nitrogens with zero attached hydrogens (tertiary/aromatic N) is 2. The van der Waals surface area contributed by atoms with Gasteiger partial charge in [-0.2, -0.15) is 0 Å². The number of fused-ring (bicyclic) bond motifs is 1. The molecule has 1 N–H and O–H groups in total. The number of aryl methyl sites for hydroxylation is 1. The first-order valence-electron chi connectivity index (χ1n) is 5.48. The van der Waals surface area contributed by atoms with Crippen molar-refractivity contribution in [1.82, 2.24) is 15.0 Å². The minimum Gasteiger partial charge on any atom is -0.342 e. The van der Waals surface area contributed by atoms with E-state index in [0.29, 0.717) is 4.64 Å². The van der Waals surface area contributed by atoms with Crippen LogP contribution in [0.5, 0.6) is 0 Å². The molecule has 3 nitrogen and oxygen atoms in total. The van der Waals surface area contributed by atoms with Crippen LogP contribution in [0.1, 0.15) is 17.7 Å². The molecule has 86 valence electrons. The SMILES string of the molecule is S=c1nc(-c2ncccc2Br)[nH]c2c1CCC2. The second-order valence-corrected chi connectivity index (χ2v) is 5.28. The highest BCUT2D eigenvalue weighted by atomic mass is 79.9. The van der Waals surface area contributed by atoms with Crippen molar-refractivity contribution in [3.8, 4) is 11.5 Å². The number of halogens is 1. The van der Waals surface area contributed by atoms with Gasteiger partial charge in [0, 0.05) is 21.9 Å². The van der Waals surface area contributed by atoms with Gasteiger partial charge in [0.05, 0.1) is 0 Å². The molecular formula is C12H10BrN3S. The van der Waals surface area contributed by atoms with Crippen LogP contribution in [-0.4, -0.2) is 15.0 Å². The van der Waals surface area contributed by atoms with Crippen molar-refractivity contribution in [2.24, 2.45) is 0 Å². The average Bonchev–Trinajstić information content (AvgIpc) is 2.78. The zero-order chi connectivity index (χ0) is 11.8. The maximum atomic E-state index is 5.34. The molecule has 0 bridgehead atoms. The number of hydrogen-bond donors (Lipinski definition) is 1. The van der Waals surface area contributed by atoms with Crippen molar-refractivity contribution >= 4 is 28.1 Å². The lowest BCUT2D eigenvalue weighted by molar-refractivity contribution is 0.899. The van der Waals surface area contributed by atoms with Crippen LogP contribution >= 0.6 is 28.1 Å². The maximum Gasteiger partial charge on any atom is 0.159 e. The van der Waals surface area contributed by atoms with E-state index in [2.05, 4.69) is 30.9 Å². The lowest BCUT2D eigenvalue weighted by Gasteiger charge is -2.06. The minimum absolute atomic E-state index is 0.712. The monoisotopic (exact) mass is 307 g/mol. The lowest BCUT2D eigenvalue weighted by Crippen LogP contribution is -1.99. The number of aromatic nitrogens is 3. The van der Waals surface area contributed by atoms with E-state index in [9.17, 15) is 0 Å². The van der Waals surface area contributed by atoms with Gasteiger partial charge in [0.1, 0.15) is 10.3 Å². The third-order valence-corrected chi connectivity index (χ3v) is 3.92. The number of hydrogen-bond acceptors (Lipinski definition) is 3. The van der Waals surface area contributed by atoms with Crippen LogP contribution in [0.4, 0.5) is 0 Å². The Morgan fingerprint density at radius 2 is 2.24 bits per heavy atom. The van der Waals surface area contributed by atoms with Crippen molar-refractivity contribution in [3.05, 3.63) is 38.7 Å². The Labute approximate surface area is 112 Å². The summed E-state index contributed by atoms with van der Waals surface area (Å²) in [7, 11) is 0. The molecule has 1 aliphatic carbocycles. The van der Waals surface area contributed by atoms with Crippen LogP contribution < -0.4 is 0 Å². The highest BCUT2D eigenvalue weighted by Crippen LogP contribution is 2.26. The Hall–Kier alpha value is -1.07. The summed E-state index contributed by atoms with van der Waals surface area (Å²) in [4.78, 5) is 12.1. The number of aromatic amines is 1. The summed E-state index contributed by atoms with van der Waals surface area (Å²) in [5.41, 5.74) is 3.24. The van der Waals surface area contributed by atoms with Gasteiger partial charge in [0.2, 0.25) is 0 Å². The first-order valence-corrected chi connectivity index (χ1v) is 6.69. The molecule has 2 heterocycles. The van der Waals surface area contributed by atoms with E-state index in [1.54, 1.807) is 6.20 Å². The van der Waals surface area contributed by atoms with Crippen molar-refractivity contribution in [2.45, 2.75) is 19.3 Å². The molecule has 2 aromatic rings. The smallest absolute Gasteiger partial charge is 0.159 e. The van der Waals surface area contributed by atoms with Gasteiger partial charge >= 0.3 is 0 Å². The van der Waals surface area contributed by atoms with Crippen LogP contribution in [0.25, 0.3) is 11.5 Å². The molecule has 2 aromatic heterocycles. The molecule has 1 aliphatic rings. The minimum atomic E-state index is 0.712. The van der Waals surface area contributed by atoms with E-state index in [1.807, 2.05) is 12.1 Å². The predicted octanol–water partition coefficient (Wildman–Crippen LogP) is 3.45. The first kappa shape index (κ1) is 11.0. The zero-order valence-corrected chi connectivity index (χ0v) is 11.4. The third-order valence-electron chi connectivity index (χ3n) is 2.94. The molecule has 5 heteroatoms. The normalized spacial score (nSPS) is 13.7. The van der Waals surface area contributed by atoms with E-state index in [-0.39, 0.29) is 0 Å². The van der Waals surface area contributed by atoms with E-state index < -0.39 is 0 Å². The summed E-state index contributed by atoms with van der Waals surface area (Å²) in [5, 5.41) is 0. The maximum absolute atomic E-state index is 5.34. The number of H-pyrrole nitrogens is 1. The summed E-state index contributed by atoms with van der Waals surface area (Å²) < 4.78 is 1.64. The van der Waals surface area contributed by atoms with Gasteiger partial charge in [-0.05, 0) is 47.3 Å². The fraction of sp³-hybridized carbons (Fsp3) is 0.250. The molecule has 0 spiro atoms. The highest BCUT2D eigenvalue weighted by molar-refractivity contribution is 9.10. The predicted molar refractivity (Wildman–Crippen MR) is 72.4 cm³/mol. The summed E-state index contributed by atoms with van der Waals surface area (Å²) in [6.45, 7) is 0. The molecule has 0 atom stereocenters. The van der Waals surface area contributed by atoms with Crippen LogP contribution in [0.15, 0.2) is 22.8 Å². The molecule has 0 amide bonds. The molecule has 0 aliphatic heterocycles. The third kappa shape index (κ3) is 1.93. The van der Waals surface area contributed by atoms with Gasteiger partial charge in [-0.1, -0.05) is 12.2 Å². The van der Waals surface area contributed by atoms with Gasteiger partial charge in [-0.25, -0.2) is 4.98 Å². The van der Waals surface area contributed by atoms with E-state index in [4.69, 9.17) is 12.2 Å². The van der Waals surface area contributed by atoms with Gasteiger partial charge in [-0.3, -0.25) is 4.98 Å². The molecule has 0 saturated heterocycles. The zero-order valence-electron chi connectivity index (χ0n) is 9.03. The van der Waals surface area contributed by atoms with Gasteiger partial charge in [0.25, 0.3) is 0 Å². The van der Waals surface area contributed by atoms with Crippen molar-refractivity contribution in [1.29, 1.82) is 0 Å². The molecule has 0 aromatic carbocycles. The van der Waals surface area contributed by atoms with Gasteiger partial charge in [-0.15, -0.1) is 0 Å². The summed E-state index contributed by atoms with van der Waals surface area (Å²) >= 11 is 8.82. The van der Waals surface area contributed by atoms with Crippen LogP contribution in [0.3, 0.4) is 0 Å².